The fourth-order valence-corrected chi connectivity index (χ4v) is 12.1. The molecular formula is C62H42N2O. The summed E-state index contributed by atoms with van der Waals surface area (Å²) in [5, 5.41) is 4.99. The molecule has 1 spiro atoms. The molecule has 65 heavy (non-hydrogen) atoms. The number of ether oxygens (including phenoxy) is 1. The Hall–Kier alpha value is -8.14. The fourth-order valence-electron chi connectivity index (χ4n) is 12.1. The van der Waals surface area contributed by atoms with E-state index in [9.17, 15) is 0 Å². The van der Waals surface area contributed by atoms with Crippen molar-refractivity contribution in [2.45, 2.75) is 24.7 Å². The second kappa shape index (κ2) is 13.2. The Morgan fingerprint density at radius 1 is 0.385 bits per heavy atom. The van der Waals surface area contributed by atoms with Gasteiger partial charge in [0.25, 0.3) is 0 Å². The Morgan fingerprint density at radius 2 is 0.954 bits per heavy atom. The van der Waals surface area contributed by atoms with E-state index in [1.807, 2.05) is 0 Å². The van der Waals surface area contributed by atoms with Crippen LogP contribution in [-0.2, 0) is 10.8 Å². The third-order valence-electron chi connectivity index (χ3n) is 14.8. The monoisotopic (exact) mass is 830 g/mol. The van der Waals surface area contributed by atoms with Crippen LogP contribution in [0.5, 0.6) is 11.5 Å². The van der Waals surface area contributed by atoms with Gasteiger partial charge in [-0.25, -0.2) is 0 Å². The van der Waals surface area contributed by atoms with Gasteiger partial charge >= 0.3 is 0 Å². The molecule has 1 aromatic heterocycles. The lowest BCUT2D eigenvalue weighted by molar-refractivity contribution is 0.435. The number of hydrogen-bond donors (Lipinski definition) is 0. The fraction of sp³-hybridized carbons (Fsp3) is 0.0645. The lowest BCUT2D eigenvalue weighted by Gasteiger charge is -2.45. The van der Waals surface area contributed by atoms with E-state index in [-0.39, 0.29) is 5.41 Å². The van der Waals surface area contributed by atoms with Gasteiger partial charge < -0.3 is 14.2 Å². The molecule has 2 aliphatic carbocycles. The minimum absolute atomic E-state index is 0.107. The summed E-state index contributed by atoms with van der Waals surface area (Å²) in [5.74, 6) is 1.73. The average Bonchev–Trinajstić information content (AvgIpc) is 3.80. The summed E-state index contributed by atoms with van der Waals surface area (Å²) < 4.78 is 9.58. The molecule has 3 aliphatic rings. The number of para-hydroxylation sites is 3. The quantitative estimate of drug-likeness (QED) is 0.176. The molecule has 3 nitrogen and oxygen atoms in total. The topological polar surface area (TPSA) is 17.4 Å². The number of anilines is 3. The van der Waals surface area contributed by atoms with Crippen LogP contribution in [0.4, 0.5) is 17.1 Å². The van der Waals surface area contributed by atoms with Crippen molar-refractivity contribution in [1.82, 2.24) is 4.57 Å². The van der Waals surface area contributed by atoms with Crippen LogP contribution < -0.4 is 9.64 Å². The van der Waals surface area contributed by atoms with Gasteiger partial charge in [-0.1, -0.05) is 172 Å². The van der Waals surface area contributed by atoms with Crippen molar-refractivity contribution in [2.24, 2.45) is 0 Å². The minimum Gasteiger partial charge on any atom is -0.457 e. The van der Waals surface area contributed by atoms with Crippen molar-refractivity contribution in [1.29, 1.82) is 0 Å². The molecule has 3 heteroatoms. The molecule has 14 rings (SSSR count). The van der Waals surface area contributed by atoms with Gasteiger partial charge in [0.15, 0.2) is 0 Å². The lowest BCUT2D eigenvalue weighted by atomic mass is 9.58. The molecule has 11 aromatic rings. The molecule has 306 valence electrons. The van der Waals surface area contributed by atoms with Crippen molar-refractivity contribution in [3.05, 3.63) is 252 Å². The zero-order chi connectivity index (χ0) is 43.0. The van der Waals surface area contributed by atoms with Crippen LogP contribution in [0.25, 0.3) is 60.5 Å². The largest absolute Gasteiger partial charge is 0.457 e. The molecule has 0 fully saturated rings. The summed E-state index contributed by atoms with van der Waals surface area (Å²) in [6.07, 6.45) is 0. The molecule has 10 aromatic carbocycles. The van der Waals surface area contributed by atoms with Crippen LogP contribution in [0.2, 0.25) is 0 Å². The Balaban J connectivity index is 1.04. The first kappa shape index (κ1) is 36.4. The molecule has 0 amide bonds. The second-order valence-corrected chi connectivity index (χ2v) is 18.4. The van der Waals surface area contributed by atoms with Crippen molar-refractivity contribution in [3.63, 3.8) is 0 Å². The van der Waals surface area contributed by atoms with Crippen LogP contribution in [0, 0.1) is 0 Å². The molecule has 2 heterocycles. The molecular weight excluding hydrogens is 789 g/mol. The smallest absolute Gasteiger partial charge is 0.134 e. The van der Waals surface area contributed by atoms with E-state index >= 15 is 0 Å². The highest BCUT2D eigenvalue weighted by Crippen LogP contribution is 2.62. The zero-order valence-corrected chi connectivity index (χ0v) is 36.1. The standard InChI is InChI=1S/C62H42N2O/c1-61(2)50-24-9-6-21-45(50)49-36-41(31-34-51(49)61)63(42-30-33-47-46-22-8-12-28-56(46)64(57(47)37-42)40-18-4-3-5-19-40)43-32-35-54-59(38-43)65-58-29-13-11-26-53(58)62(54)52-25-10-7-20-44(52)48-23-14-16-39-17-15-27-55(62)60(39)48/h3-38H,1-2H3. The Morgan fingerprint density at radius 3 is 1.80 bits per heavy atom. The van der Waals surface area contributed by atoms with Gasteiger partial charge in [0.05, 0.1) is 16.4 Å². The first-order valence-electron chi connectivity index (χ1n) is 22.7. The SMILES string of the molecule is CC1(C)c2ccccc2-c2cc(N(c3ccc4c(c3)Oc3ccccc3C43c4ccccc4-c4cccc5cccc3c45)c3ccc4c5ccccc5n(-c5ccccc5)c4c3)ccc21. The van der Waals surface area contributed by atoms with Gasteiger partial charge in [-0.15, -0.1) is 0 Å². The lowest BCUT2D eigenvalue weighted by Crippen LogP contribution is -2.36. The maximum Gasteiger partial charge on any atom is 0.134 e. The average molecular weight is 831 g/mol. The van der Waals surface area contributed by atoms with E-state index in [1.54, 1.807) is 0 Å². The van der Waals surface area contributed by atoms with Crippen LogP contribution in [0.3, 0.4) is 0 Å². The summed E-state index contributed by atoms with van der Waals surface area (Å²) >= 11 is 0. The molecule has 1 aliphatic heterocycles. The second-order valence-electron chi connectivity index (χ2n) is 18.4. The molecule has 0 radical (unpaired) electrons. The molecule has 0 saturated heterocycles. The Labute approximate surface area is 378 Å². The van der Waals surface area contributed by atoms with Crippen molar-refractivity contribution < 1.29 is 4.74 Å². The van der Waals surface area contributed by atoms with Gasteiger partial charge in [-0.3, -0.25) is 0 Å². The molecule has 0 bridgehead atoms. The van der Waals surface area contributed by atoms with Crippen molar-refractivity contribution >= 4 is 49.6 Å². The first-order chi connectivity index (χ1) is 32.0. The van der Waals surface area contributed by atoms with Gasteiger partial charge in [0.2, 0.25) is 0 Å². The summed E-state index contributed by atoms with van der Waals surface area (Å²) in [6.45, 7) is 4.70. The predicted molar refractivity (Wildman–Crippen MR) is 268 cm³/mol. The Bertz CT molecular complexity index is 3800. The van der Waals surface area contributed by atoms with E-state index in [0.29, 0.717) is 0 Å². The minimum atomic E-state index is -0.615. The van der Waals surface area contributed by atoms with Crippen LogP contribution in [0.1, 0.15) is 47.2 Å². The number of fused-ring (bicyclic) bond motifs is 14. The summed E-state index contributed by atoms with van der Waals surface area (Å²) in [7, 11) is 0. The normalized spacial score (nSPS) is 15.8. The van der Waals surface area contributed by atoms with Crippen LogP contribution in [-0.4, -0.2) is 4.57 Å². The summed E-state index contributed by atoms with van der Waals surface area (Å²) in [5.41, 5.74) is 18.6. The third kappa shape index (κ3) is 4.85. The van der Waals surface area contributed by atoms with Gasteiger partial charge in [-0.05, 0) is 110 Å². The van der Waals surface area contributed by atoms with Crippen LogP contribution >= 0.6 is 0 Å². The maximum absolute atomic E-state index is 7.17. The third-order valence-corrected chi connectivity index (χ3v) is 14.8. The summed E-state index contributed by atoms with van der Waals surface area (Å²) in [6, 6.07) is 80.6. The molecule has 0 saturated carbocycles. The van der Waals surface area contributed by atoms with Gasteiger partial charge in [-0.2, -0.15) is 0 Å². The maximum atomic E-state index is 7.17. The predicted octanol–water partition coefficient (Wildman–Crippen LogP) is 16.2. The molecule has 0 N–H and O–H groups in total. The van der Waals surface area contributed by atoms with E-state index in [4.69, 9.17) is 4.74 Å². The highest BCUT2D eigenvalue weighted by Gasteiger charge is 2.49. The van der Waals surface area contributed by atoms with E-state index < -0.39 is 5.41 Å². The number of hydrogen-bond acceptors (Lipinski definition) is 2. The first-order valence-corrected chi connectivity index (χ1v) is 22.7. The molecule has 1 atom stereocenters. The highest BCUT2D eigenvalue weighted by atomic mass is 16.5. The number of rotatable bonds is 4. The van der Waals surface area contributed by atoms with Gasteiger partial charge in [0, 0.05) is 56.1 Å². The molecule has 1 unspecified atom stereocenters. The van der Waals surface area contributed by atoms with E-state index in [2.05, 4.69) is 242 Å². The number of aromatic nitrogens is 1. The van der Waals surface area contributed by atoms with E-state index in [0.717, 1.165) is 50.9 Å². The van der Waals surface area contributed by atoms with Crippen molar-refractivity contribution in [3.8, 4) is 39.4 Å². The highest BCUT2D eigenvalue weighted by molar-refractivity contribution is 6.11. The van der Waals surface area contributed by atoms with Gasteiger partial charge in [0.1, 0.15) is 11.5 Å². The summed E-state index contributed by atoms with van der Waals surface area (Å²) in [4.78, 5) is 2.43. The number of nitrogens with zero attached hydrogens (tertiary/aromatic N) is 2. The Kier molecular flexibility index (Phi) is 7.38. The van der Waals surface area contributed by atoms with Crippen LogP contribution in [0.15, 0.2) is 218 Å². The zero-order valence-electron chi connectivity index (χ0n) is 36.1. The number of benzene rings is 10. The van der Waals surface area contributed by atoms with E-state index in [1.165, 1.54) is 71.6 Å². The van der Waals surface area contributed by atoms with Crippen molar-refractivity contribution in [2.75, 3.05) is 4.90 Å².